The molecule has 6 nitrogen and oxygen atoms in total. The summed E-state index contributed by atoms with van der Waals surface area (Å²) in [4.78, 5) is 4.26. The minimum absolute atomic E-state index is 0.0526. The molecule has 0 aliphatic heterocycles. The van der Waals surface area contributed by atoms with Gasteiger partial charge in [0.1, 0.15) is 10.6 Å². The molecule has 2 aromatic carbocycles. The number of rotatable bonds is 5. The summed E-state index contributed by atoms with van der Waals surface area (Å²) >= 11 is 7.08. The summed E-state index contributed by atoms with van der Waals surface area (Å²) < 4.78 is 32.8. The van der Waals surface area contributed by atoms with Crippen molar-refractivity contribution in [2.75, 3.05) is 17.6 Å². The van der Waals surface area contributed by atoms with Crippen LogP contribution in [0.2, 0.25) is 5.02 Å². The van der Waals surface area contributed by atoms with Gasteiger partial charge in [-0.15, -0.1) is 11.3 Å². The minimum atomic E-state index is -3.89. The third-order valence-corrected chi connectivity index (χ3v) is 5.81. The SMILES string of the molecule is COc1ccc(Cl)cc1S(=O)(=O)Nc1nc(-c2cccc(N)c2)cs1. The van der Waals surface area contributed by atoms with Gasteiger partial charge in [-0.2, -0.15) is 0 Å². The van der Waals surface area contributed by atoms with Crippen LogP contribution in [-0.2, 0) is 10.0 Å². The smallest absolute Gasteiger partial charge is 0.267 e. The van der Waals surface area contributed by atoms with Crippen LogP contribution in [0.4, 0.5) is 10.8 Å². The fourth-order valence-electron chi connectivity index (χ4n) is 2.18. The van der Waals surface area contributed by atoms with Crippen molar-refractivity contribution < 1.29 is 13.2 Å². The molecular formula is C16H14ClN3O3S2. The Balaban J connectivity index is 1.91. The number of hydrogen-bond donors (Lipinski definition) is 2. The van der Waals surface area contributed by atoms with Crippen LogP contribution in [-0.4, -0.2) is 20.5 Å². The fraction of sp³-hybridized carbons (Fsp3) is 0.0625. The van der Waals surface area contributed by atoms with Gasteiger partial charge < -0.3 is 10.5 Å². The maximum atomic E-state index is 12.6. The predicted molar refractivity (Wildman–Crippen MR) is 101 cm³/mol. The second kappa shape index (κ2) is 6.91. The van der Waals surface area contributed by atoms with E-state index in [1.54, 1.807) is 23.6 Å². The average Bonchev–Trinajstić information content (AvgIpc) is 3.02. The zero-order valence-electron chi connectivity index (χ0n) is 13.1. The van der Waals surface area contributed by atoms with E-state index in [0.717, 1.165) is 5.56 Å². The number of nitrogens with zero attached hydrogens (tertiary/aromatic N) is 1. The molecule has 0 aliphatic carbocycles. The van der Waals surface area contributed by atoms with E-state index < -0.39 is 10.0 Å². The molecule has 0 bridgehead atoms. The number of benzene rings is 2. The summed E-state index contributed by atoms with van der Waals surface area (Å²) in [7, 11) is -2.50. The van der Waals surface area contributed by atoms with Gasteiger partial charge in [-0.05, 0) is 30.3 Å². The van der Waals surface area contributed by atoms with E-state index in [1.165, 1.54) is 30.6 Å². The van der Waals surface area contributed by atoms with Crippen LogP contribution in [0.25, 0.3) is 11.3 Å². The van der Waals surface area contributed by atoms with Crippen molar-refractivity contribution in [1.82, 2.24) is 4.98 Å². The van der Waals surface area contributed by atoms with Gasteiger partial charge in [-0.1, -0.05) is 23.7 Å². The molecular weight excluding hydrogens is 382 g/mol. The van der Waals surface area contributed by atoms with Gasteiger partial charge in [-0.25, -0.2) is 13.4 Å². The molecule has 0 unspecified atom stereocenters. The molecule has 1 aromatic heterocycles. The van der Waals surface area contributed by atoms with Crippen molar-refractivity contribution in [3.63, 3.8) is 0 Å². The number of aromatic nitrogens is 1. The summed E-state index contributed by atoms with van der Waals surface area (Å²) in [6.07, 6.45) is 0. The monoisotopic (exact) mass is 395 g/mol. The molecule has 0 saturated heterocycles. The van der Waals surface area contributed by atoms with Gasteiger partial charge in [0.15, 0.2) is 5.13 Å². The van der Waals surface area contributed by atoms with E-state index in [9.17, 15) is 8.42 Å². The largest absolute Gasteiger partial charge is 0.495 e. The molecule has 0 aliphatic rings. The van der Waals surface area contributed by atoms with Gasteiger partial charge in [0.25, 0.3) is 10.0 Å². The Morgan fingerprint density at radius 3 is 2.76 bits per heavy atom. The molecule has 0 atom stereocenters. The first-order chi connectivity index (χ1) is 11.9. The molecule has 0 radical (unpaired) electrons. The number of hydrogen-bond acceptors (Lipinski definition) is 6. The molecule has 0 amide bonds. The number of nitrogen functional groups attached to an aromatic ring is 1. The number of nitrogens with one attached hydrogen (secondary N) is 1. The molecule has 9 heteroatoms. The zero-order valence-corrected chi connectivity index (χ0v) is 15.5. The van der Waals surface area contributed by atoms with Gasteiger partial charge in [0, 0.05) is 21.7 Å². The number of anilines is 2. The number of methoxy groups -OCH3 is 1. The predicted octanol–water partition coefficient (Wildman–Crippen LogP) is 3.86. The van der Waals surface area contributed by atoms with Crippen LogP contribution >= 0.6 is 22.9 Å². The number of halogens is 1. The van der Waals surface area contributed by atoms with Crippen LogP contribution in [0, 0.1) is 0 Å². The topological polar surface area (TPSA) is 94.3 Å². The van der Waals surface area contributed by atoms with Crippen molar-refractivity contribution in [3.8, 4) is 17.0 Å². The molecule has 1 heterocycles. The second-order valence-electron chi connectivity index (χ2n) is 5.06. The lowest BCUT2D eigenvalue weighted by Crippen LogP contribution is -2.14. The highest BCUT2D eigenvalue weighted by Crippen LogP contribution is 2.31. The fourth-order valence-corrected chi connectivity index (χ4v) is 4.59. The Labute approximate surface area is 154 Å². The Kier molecular flexibility index (Phi) is 4.85. The van der Waals surface area contributed by atoms with E-state index >= 15 is 0 Å². The summed E-state index contributed by atoms with van der Waals surface area (Å²) in [5.74, 6) is 0.199. The molecule has 0 fully saturated rings. The first-order valence-electron chi connectivity index (χ1n) is 7.07. The highest BCUT2D eigenvalue weighted by molar-refractivity contribution is 7.93. The van der Waals surface area contributed by atoms with Crippen molar-refractivity contribution in [3.05, 3.63) is 52.9 Å². The lowest BCUT2D eigenvalue weighted by Gasteiger charge is -2.10. The highest BCUT2D eigenvalue weighted by Gasteiger charge is 2.21. The lowest BCUT2D eigenvalue weighted by molar-refractivity contribution is 0.403. The van der Waals surface area contributed by atoms with Crippen molar-refractivity contribution in [1.29, 1.82) is 0 Å². The second-order valence-corrected chi connectivity index (χ2v) is 8.01. The lowest BCUT2D eigenvalue weighted by atomic mass is 10.1. The minimum Gasteiger partial charge on any atom is -0.495 e. The van der Waals surface area contributed by atoms with Crippen LogP contribution in [0.5, 0.6) is 5.75 Å². The zero-order chi connectivity index (χ0) is 18.0. The number of sulfonamides is 1. The van der Waals surface area contributed by atoms with Gasteiger partial charge >= 0.3 is 0 Å². The first kappa shape index (κ1) is 17.5. The van der Waals surface area contributed by atoms with Crippen molar-refractivity contribution >= 4 is 43.8 Å². The third-order valence-electron chi connectivity index (χ3n) is 3.32. The van der Waals surface area contributed by atoms with Gasteiger partial charge in [-0.3, -0.25) is 4.72 Å². The number of ether oxygens (including phenoxy) is 1. The average molecular weight is 396 g/mol. The molecule has 3 N–H and O–H groups in total. The van der Waals surface area contributed by atoms with Crippen LogP contribution < -0.4 is 15.2 Å². The third kappa shape index (κ3) is 3.87. The number of nitrogens with two attached hydrogens (primary N) is 1. The van der Waals surface area contributed by atoms with E-state index in [0.29, 0.717) is 16.4 Å². The number of thiazole rings is 1. The van der Waals surface area contributed by atoms with E-state index in [4.69, 9.17) is 22.1 Å². The molecule has 3 aromatic rings. The molecule has 130 valence electrons. The summed E-state index contributed by atoms with van der Waals surface area (Å²) in [5.41, 5.74) is 7.81. The van der Waals surface area contributed by atoms with E-state index in [2.05, 4.69) is 9.71 Å². The molecule has 0 spiro atoms. The summed E-state index contributed by atoms with van der Waals surface area (Å²) in [6, 6.07) is 11.6. The normalized spacial score (nSPS) is 11.3. The maximum Gasteiger partial charge on any atom is 0.267 e. The Morgan fingerprint density at radius 1 is 1.24 bits per heavy atom. The Bertz CT molecular complexity index is 1020. The van der Waals surface area contributed by atoms with Crippen LogP contribution in [0.15, 0.2) is 52.7 Å². The maximum absolute atomic E-state index is 12.6. The van der Waals surface area contributed by atoms with Crippen LogP contribution in [0.3, 0.4) is 0 Å². The van der Waals surface area contributed by atoms with E-state index in [-0.39, 0.29) is 15.8 Å². The highest BCUT2D eigenvalue weighted by atomic mass is 35.5. The van der Waals surface area contributed by atoms with Gasteiger partial charge in [0.2, 0.25) is 0 Å². The summed E-state index contributed by atoms with van der Waals surface area (Å²) in [6.45, 7) is 0. The van der Waals surface area contributed by atoms with Gasteiger partial charge in [0.05, 0.1) is 12.8 Å². The van der Waals surface area contributed by atoms with Crippen molar-refractivity contribution in [2.45, 2.75) is 4.90 Å². The quantitative estimate of drug-likeness (QED) is 0.640. The Hall–Kier alpha value is -2.29. The first-order valence-corrected chi connectivity index (χ1v) is 9.81. The Morgan fingerprint density at radius 2 is 2.04 bits per heavy atom. The standard InChI is InChI=1S/C16H14ClN3O3S2/c1-23-14-6-5-11(17)8-15(14)25(21,22)20-16-19-13(9-24-16)10-3-2-4-12(18)7-10/h2-9H,18H2,1H3,(H,19,20). The molecule has 25 heavy (non-hydrogen) atoms. The van der Waals surface area contributed by atoms with Crippen LogP contribution in [0.1, 0.15) is 0 Å². The van der Waals surface area contributed by atoms with Crippen molar-refractivity contribution in [2.24, 2.45) is 0 Å². The van der Waals surface area contributed by atoms with E-state index in [1.807, 2.05) is 12.1 Å². The molecule has 3 rings (SSSR count). The summed E-state index contributed by atoms with van der Waals surface area (Å²) in [5, 5.41) is 2.28. The molecule has 0 saturated carbocycles.